The SMILES string of the molecule is CC(C)(CN)C(=O)Nc1ccc(C(N)=O)c(Cl)c1.Cl. The monoisotopic (exact) mass is 305 g/mol. The number of anilines is 1. The van der Waals surface area contributed by atoms with E-state index in [2.05, 4.69) is 5.32 Å². The molecule has 0 fully saturated rings. The van der Waals surface area contributed by atoms with Gasteiger partial charge in [0.1, 0.15) is 0 Å². The lowest BCUT2D eigenvalue weighted by Crippen LogP contribution is -2.37. The maximum Gasteiger partial charge on any atom is 0.250 e. The number of rotatable bonds is 4. The second-order valence-corrected chi connectivity index (χ2v) is 5.01. The molecule has 1 rings (SSSR count). The van der Waals surface area contributed by atoms with Gasteiger partial charge in [-0.25, -0.2) is 0 Å². The second-order valence-electron chi connectivity index (χ2n) is 4.60. The van der Waals surface area contributed by atoms with E-state index in [1.165, 1.54) is 12.1 Å². The fourth-order valence-corrected chi connectivity index (χ4v) is 1.46. The van der Waals surface area contributed by atoms with Crippen LogP contribution < -0.4 is 16.8 Å². The molecule has 106 valence electrons. The van der Waals surface area contributed by atoms with Crippen molar-refractivity contribution in [3.63, 3.8) is 0 Å². The molecule has 2 amide bonds. The largest absolute Gasteiger partial charge is 0.366 e. The van der Waals surface area contributed by atoms with E-state index in [1.54, 1.807) is 19.9 Å². The van der Waals surface area contributed by atoms with Crippen LogP contribution >= 0.6 is 24.0 Å². The summed E-state index contributed by atoms with van der Waals surface area (Å²) in [7, 11) is 0. The van der Waals surface area contributed by atoms with Crippen LogP contribution in [-0.4, -0.2) is 18.4 Å². The van der Waals surface area contributed by atoms with Crippen LogP contribution in [0.4, 0.5) is 5.69 Å². The highest BCUT2D eigenvalue weighted by molar-refractivity contribution is 6.34. The number of benzene rings is 1. The summed E-state index contributed by atoms with van der Waals surface area (Å²) < 4.78 is 0. The molecule has 0 saturated carbocycles. The number of halogens is 2. The lowest BCUT2D eigenvalue weighted by Gasteiger charge is -2.21. The quantitative estimate of drug-likeness (QED) is 0.790. The van der Waals surface area contributed by atoms with Crippen molar-refractivity contribution in [1.82, 2.24) is 0 Å². The Balaban J connectivity index is 0.00000324. The average molecular weight is 306 g/mol. The summed E-state index contributed by atoms with van der Waals surface area (Å²) in [4.78, 5) is 22.9. The molecule has 0 aliphatic rings. The minimum atomic E-state index is -0.672. The standard InChI is InChI=1S/C12H16ClN3O2.ClH/c1-12(2,6-14)11(18)16-7-3-4-8(10(15)17)9(13)5-7;/h3-5H,6,14H2,1-2H3,(H2,15,17)(H,16,18);1H. The predicted octanol–water partition coefficient (Wildman–Crippen LogP) is 1.78. The van der Waals surface area contributed by atoms with E-state index in [-0.39, 0.29) is 35.4 Å². The van der Waals surface area contributed by atoms with Gasteiger partial charge in [0.2, 0.25) is 11.8 Å². The smallest absolute Gasteiger partial charge is 0.250 e. The van der Waals surface area contributed by atoms with Gasteiger partial charge in [0, 0.05) is 12.2 Å². The lowest BCUT2D eigenvalue weighted by molar-refractivity contribution is -0.123. The number of amides is 2. The first-order chi connectivity index (χ1) is 8.27. The number of nitrogens with two attached hydrogens (primary N) is 2. The Kier molecular flexibility index (Phi) is 6.29. The zero-order valence-electron chi connectivity index (χ0n) is 10.7. The van der Waals surface area contributed by atoms with Crippen LogP contribution in [0.5, 0.6) is 0 Å². The molecular formula is C12H17Cl2N3O2. The van der Waals surface area contributed by atoms with Crippen molar-refractivity contribution in [2.45, 2.75) is 13.8 Å². The number of nitrogens with one attached hydrogen (secondary N) is 1. The molecule has 0 saturated heterocycles. The summed E-state index contributed by atoms with van der Waals surface area (Å²) in [5.41, 5.74) is 10.7. The molecule has 0 aromatic heterocycles. The van der Waals surface area contributed by atoms with E-state index in [4.69, 9.17) is 23.1 Å². The molecule has 0 radical (unpaired) electrons. The summed E-state index contributed by atoms with van der Waals surface area (Å²) in [6.45, 7) is 3.70. The van der Waals surface area contributed by atoms with Gasteiger partial charge in [-0.3, -0.25) is 9.59 Å². The predicted molar refractivity (Wildman–Crippen MR) is 78.7 cm³/mol. The summed E-state index contributed by atoms with van der Waals surface area (Å²) in [5, 5.41) is 2.88. The van der Waals surface area contributed by atoms with Gasteiger partial charge in [-0.05, 0) is 32.0 Å². The van der Waals surface area contributed by atoms with Gasteiger partial charge in [-0.1, -0.05) is 11.6 Å². The van der Waals surface area contributed by atoms with Gasteiger partial charge in [-0.15, -0.1) is 12.4 Å². The van der Waals surface area contributed by atoms with Crippen molar-refractivity contribution < 1.29 is 9.59 Å². The zero-order valence-corrected chi connectivity index (χ0v) is 12.3. The second kappa shape index (κ2) is 6.75. The maximum atomic E-state index is 11.9. The van der Waals surface area contributed by atoms with Crippen LogP contribution in [0.15, 0.2) is 18.2 Å². The number of hydrogen-bond donors (Lipinski definition) is 3. The van der Waals surface area contributed by atoms with E-state index in [9.17, 15) is 9.59 Å². The molecular weight excluding hydrogens is 289 g/mol. The van der Waals surface area contributed by atoms with Crippen LogP contribution in [0.25, 0.3) is 0 Å². The lowest BCUT2D eigenvalue weighted by atomic mass is 9.92. The molecule has 7 heteroatoms. The Bertz CT molecular complexity index is 490. The van der Waals surface area contributed by atoms with Crippen LogP contribution in [0, 0.1) is 5.41 Å². The van der Waals surface area contributed by atoms with Crippen LogP contribution in [0.2, 0.25) is 5.02 Å². The molecule has 5 N–H and O–H groups in total. The summed E-state index contributed by atoms with van der Waals surface area (Å²) in [5.74, 6) is -0.826. The van der Waals surface area contributed by atoms with Crippen molar-refractivity contribution >= 4 is 41.5 Å². The molecule has 0 aliphatic carbocycles. The van der Waals surface area contributed by atoms with Crippen molar-refractivity contribution in [3.05, 3.63) is 28.8 Å². The first-order valence-corrected chi connectivity index (χ1v) is 5.76. The van der Waals surface area contributed by atoms with Crippen LogP contribution in [-0.2, 0) is 4.79 Å². The zero-order chi connectivity index (χ0) is 13.9. The molecule has 0 heterocycles. The highest BCUT2D eigenvalue weighted by Gasteiger charge is 2.25. The Labute approximate surface area is 123 Å². The first kappa shape index (κ1) is 17.7. The van der Waals surface area contributed by atoms with E-state index in [0.717, 1.165) is 0 Å². The van der Waals surface area contributed by atoms with Crippen molar-refractivity contribution in [3.8, 4) is 0 Å². The Morgan fingerprint density at radius 2 is 1.95 bits per heavy atom. The minimum absolute atomic E-state index is 0. The molecule has 0 spiro atoms. The maximum absolute atomic E-state index is 11.9. The molecule has 5 nitrogen and oxygen atoms in total. The molecule has 0 aliphatic heterocycles. The van der Waals surface area contributed by atoms with Gasteiger partial charge in [0.15, 0.2) is 0 Å². The van der Waals surface area contributed by atoms with Gasteiger partial charge >= 0.3 is 0 Å². The van der Waals surface area contributed by atoms with E-state index in [0.29, 0.717) is 5.69 Å². The van der Waals surface area contributed by atoms with Crippen LogP contribution in [0.3, 0.4) is 0 Å². The van der Waals surface area contributed by atoms with Crippen molar-refractivity contribution in [2.75, 3.05) is 11.9 Å². The minimum Gasteiger partial charge on any atom is -0.366 e. The number of carbonyl (C=O) groups is 2. The average Bonchev–Trinajstić information content (AvgIpc) is 2.28. The Morgan fingerprint density at radius 3 is 2.37 bits per heavy atom. The van der Waals surface area contributed by atoms with E-state index in [1.807, 2.05) is 0 Å². The number of primary amides is 1. The molecule has 0 bridgehead atoms. The molecule has 1 aromatic rings. The summed E-state index contributed by atoms with van der Waals surface area (Å²) >= 11 is 5.88. The van der Waals surface area contributed by atoms with Crippen molar-refractivity contribution in [2.24, 2.45) is 16.9 Å². The fraction of sp³-hybridized carbons (Fsp3) is 0.333. The number of carbonyl (C=O) groups excluding carboxylic acids is 2. The van der Waals surface area contributed by atoms with Gasteiger partial charge < -0.3 is 16.8 Å². The molecule has 19 heavy (non-hydrogen) atoms. The third-order valence-corrected chi connectivity index (χ3v) is 2.93. The van der Waals surface area contributed by atoms with E-state index >= 15 is 0 Å². The van der Waals surface area contributed by atoms with Gasteiger partial charge in [0.25, 0.3) is 0 Å². The Morgan fingerprint density at radius 1 is 1.37 bits per heavy atom. The summed E-state index contributed by atoms with van der Waals surface area (Å²) in [6, 6.07) is 4.51. The topological polar surface area (TPSA) is 98.2 Å². The number of hydrogen-bond acceptors (Lipinski definition) is 3. The Hall–Kier alpha value is -1.30. The normalized spacial score (nSPS) is 10.5. The third-order valence-electron chi connectivity index (χ3n) is 2.62. The molecule has 1 aromatic carbocycles. The van der Waals surface area contributed by atoms with Crippen LogP contribution in [0.1, 0.15) is 24.2 Å². The molecule has 0 unspecified atom stereocenters. The fourth-order valence-electron chi connectivity index (χ4n) is 1.19. The third kappa shape index (κ3) is 4.38. The first-order valence-electron chi connectivity index (χ1n) is 5.39. The highest BCUT2D eigenvalue weighted by atomic mass is 35.5. The van der Waals surface area contributed by atoms with Gasteiger partial charge in [-0.2, -0.15) is 0 Å². The highest BCUT2D eigenvalue weighted by Crippen LogP contribution is 2.22. The van der Waals surface area contributed by atoms with Gasteiger partial charge in [0.05, 0.1) is 16.0 Å². The van der Waals surface area contributed by atoms with Crippen molar-refractivity contribution in [1.29, 1.82) is 0 Å². The van der Waals surface area contributed by atoms with E-state index < -0.39 is 11.3 Å². The molecule has 0 atom stereocenters. The summed E-state index contributed by atoms with van der Waals surface area (Å²) in [6.07, 6.45) is 0.